The fraction of sp³-hybridized carbons (Fsp3) is 0.579. The van der Waals surface area contributed by atoms with E-state index in [1.807, 2.05) is 0 Å². The highest BCUT2D eigenvalue weighted by Crippen LogP contribution is 2.29. The van der Waals surface area contributed by atoms with E-state index in [1.165, 1.54) is 22.5 Å². The van der Waals surface area contributed by atoms with Gasteiger partial charge in [0.25, 0.3) is 5.91 Å². The van der Waals surface area contributed by atoms with Gasteiger partial charge in [-0.05, 0) is 37.0 Å². The number of hydrogen-bond acceptors (Lipinski definition) is 6. The molecule has 2 fully saturated rings. The third kappa shape index (κ3) is 5.91. The van der Waals surface area contributed by atoms with E-state index >= 15 is 0 Å². The van der Waals surface area contributed by atoms with Crippen molar-refractivity contribution in [3.8, 4) is 0 Å². The van der Waals surface area contributed by atoms with Gasteiger partial charge in [-0.25, -0.2) is 8.42 Å². The lowest BCUT2D eigenvalue weighted by molar-refractivity contribution is -0.148. The van der Waals surface area contributed by atoms with Gasteiger partial charge in [-0.3, -0.25) is 9.59 Å². The Morgan fingerprint density at radius 3 is 2.59 bits per heavy atom. The van der Waals surface area contributed by atoms with Gasteiger partial charge in [0.2, 0.25) is 10.0 Å². The van der Waals surface area contributed by atoms with E-state index in [0.29, 0.717) is 25.6 Å². The molecule has 1 aromatic carbocycles. The van der Waals surface area contributed by atoms with Crippen LogP contribution >= 0.6 is 11.6 Å². The van der Waals surface area contributed by atoms with Crippen molar-refractivity contribution in [2.45, 2.75) is 37.0 Å². The molecule has 2 aliphatic rings. The van der Waals surface area contributed by atoms with E-state index in [1.54, 1.807) is 0 Å². The zero-order chi connectivity index (χ0) is 20.9. The van der Waals surface area contributed by atoms with Gasteiger partial charge in [0.1, 0.15) is 4.90 Å². The van der Waals surface area contributed by atoms with Crippen LogP contribution in [0.3, 0.4) is 0 Å². The topological polar surface area (TPSA) is 102 Å². The summed E-state index contributed by atoms with van der Waals surface area (Å²) in [5.41, 5.74) is 0.262. The molecule has 1 aliphatic carbocycles. The Morgan fingerprint density at radius 2 is 1.90 bits per heavy atom. The second-order valence-corrected chi connectivity index (χ2v) is 9.54. The second kappa shape index (κ2) is 9.88. The lowest BCUT2D eigenvalue weighted by Crippen LogP contribution is -2.40. The highest BCUT2D eigenvalue weighted by atomic mass is 35.5. The molecule has 0 bridgehead atoms. The van der Waals surface area contributed by atoms with Gasteiger partial charge in [-0.1, -0.05) is 24.4 Å². The highest BCUT2D eigenvalue weighted by Gasteiger charge is 2.28. The SMILES string of the molecule is O=C(COC(=O)CC1CCCC1)Nc1ccc(Cl)c(S(=O)(=O)N2CCOCC2)c1. The molecule has 1 saturated heterocycles. The van der Waals surface area contributed by atoms with E-state index in [9.17, 15) is 18.0 Å². The predicted molar refractivity (Wildman–Crippen MR) is 107 cm³/mol. The van der Waals surface area contributed by atoms with E-state index < -0.39 is 28.5 Å². The average Bonchev–Trinajstić information content (AvgIpc) is 3.21. The number of rotatable bonds is 7. The van der Waals surface area contributed by atoms with Crippen molar-refractivity contribution in [3.63, 3.8) is 0 Å². The first-order valence-electron chi connectivity index (χ1n) is 9.69. The Balaban J connectivity index is 1.58. The molecule has 0 unspecified atom stereocenters. The standard InChI is InChI=1S/C19H25ClN2O6S/c20-16-6-5-15(12-17(16)29(25,26)22-7-9-27-10-8-22)21-18(23)13-28-19(24)11-14-3-1-2-4-14/h5-6,12,14H,1-4,7-11,13H2,(H,21,23). The quantitative estimate of drug-likeness (QED) is 0.648. The molecule has 160 valence electrons. The minimum absolute atomic E-state index is 0.0671. The van der Waals surface area contributed by atoms with Crippen LogP contribution in [0, 0.1) is 5.92 Å². The molecular formula is C19H25ClN2O6S. The molecule has 1 aromatic rings. The Morgan fingerprint density at radius 1 is 1.21 bits per heavy atom. The van der Waals surface area contributed by atoms with Crippen LogP contribution in [0.5, 0.6) is 0 Å². The summed E-state index contributed by atoms with van der Waals surface area (Å²) in [4.78, 5) is 23.9. The number of esters is 1. The zero-order valence-electron chi connectivity index (χ0n) is 16.1. The predicted octanol–water partition coefficient (Wildman–Crippen LogP) is 2.42. The monoisotopic (exact) mass is 444 g/mol. The lowest BCUT2D eigenvalue weighted by atomic mass is 10.1. The number of sulfonamides is 1. The Bertz CT molecular complexity index is 848. The van der Waals surface area contributed by atoms with Gasteiger partial charge < -0.3 is 14.8 Å². The molecule has 0 spiro atoms. The van der Waals surface area contributed by atoms with Gasteiger partial charge >= 0.3 is 5.97 Å². The molecule has 10 heteroatoms. The van der Waals surface area contributed by atoms with E-state index in [2.05, 4.69) is 5.32 Å². The number of anilines is 1. The molecule has 0 aromatic heterocycles. The molecule has 1 heterocycles. The fourth-order valence-corrected chi connectivity index (χ4v) is 5.47. The molecule has 1 saturated carbocycles. The first-order chi connectivity index (χ1) is 13.9. The summed E-state index contributed by atoms with van der Waals surface area (Å²) in [5, 5.41) is 2.62. The van der Waals surface area contributed by atoms with Crippen LogP contribution in [0.15, 0.2) is 23.1 Å². The van der Waals surface area contributed by atoms with Crippen molar-refractivity contribution >= 4 is 39.2 Å². The highest BCUT2D eigenvalue weighted by molar-refractivity contribution is 7.89. The summed E-state index contributed by atoms with van der Waals surface area (Å²) in [5.74, 6) is -0.588. The van der Waals surface area contributed by atoms with Crippen LogP contribution in [0.1, 0.15) is 32.1 Å². The Labute approximate surface area is 175 Å². The number of nitrogens with zero attached hydrogens (tertiary/aromatic N) is 1. The van der Waals surface area contributed by atoms with Gasteiger partial charge in [0, 0.05) is 25.2 Å². The Hall–Kier alpha value is -1.68. The molecule has 0 radical (unpaired) electrons. The summed E-state index contributed by atoms with van der Waals surface area (Å²) in [7, 11) is -3.81. The third-order valence-electron chi connectivity index (χ3n) is 5.10. The van der Waals surface area contributed by atoms with Crippen LogP contribution in [0.2, 0.25) is 5.02 Å². The number of hydrogen-bond donors (Lipinski definition) is 1. The summed E-state index contributed by atoms with van der Waals surface area (Å²) in [6, 6.07) is 4.22. The third-order valence-corrected chi connectivity index (χ3v) is 7.48. The molecule has 1 amide bonds. The number of ether oxygens (including phenoxy) is 2. The number of amides is 1. The molecule has 29 heavy (non-hydrogen) atoms. The Kier molecular flexibility index (Phi) is 7.50. The number of carbonyl (C=O) groups excluding carboxylic acids is 2. The summed E-state index contributed by atoms with van der Waals surface area (Å²) in [6.07, 6.45) is 4.63. The molecule has 1 aliphatic heterocycles. The zero-order valence-corrected chi connectivity index (χ0v) is 17.6. The smallest absolute Gasteiger partial charge is 0.306 e. The van der Waals surface area contributed by atoms with Gasteiger partial charge in [0.05, 0.1) is 18.2 Å². The van der Waals surface area contributed by atoms with Gasteiger partial charge in [-0.15, -0.1) is 0 Å². The molecule has 1 N–H and O–H groups in total. The second-order valence-electron chi connectivity index (χ2n) is 7.23. The maximum absolute atomic E-state index is 12.8. The largest absolute Gasteiger partial charge is 0.456 e. The molecule has 0 atom stereocenters. The minimum Gasteiger partial charge on any atom is -0.456 e. The van der Waals surface area contributed by atoms with Crippen LogP contribution in [0.4, 0.5) is 5.69 Å². The van der Waals surface area contributed by atoms with E-state index in [0.717, 1.165) is 25.7 Å². The van der Waals surface area contributed by atoms with Crippen LogP contribution in [0.25, 0.3) is 0 Å². The number of benzene rings is 1. The fourth-order valence-electron chi connectivity index (χ4n) is 3.56. The van der Waals surface area contributed by atoms with Crippen LogP contribution in [-0.4, -0.2) is 57.5 Å². The van der Waals surface area contributed by atoms with Crippen molar-refractivity contribution < 1.29 is 27.5 Å². The summed E-state index contributed by atoms with van der Waals surface area (Å²) in [6.45, 7) is 0.705. The van der Waals surface area contributed by atoms with E-state index in [-0.39, 0.29) is 28.7 Å². The molecule has 3 rings (SSSR count). The summed E-state index contributed by atoms with van der Waals surface area (Å²) < 4.78 is 37.2. The number of nitrogens with one attached hydrogen (secondary N) is 1. The number of carbonyl (C=O) groups is 2. The first-order valence-corrected chi connectivity index (χ1v) is 11.5. The molecule has 8 nitrogen and oxygen atoms in total. The van der Waals surface area contributed by atoms with Crippen molar-refractivity contribution in [1.29, 1.82) is 0 Å². The van der Waals surface area contributed by atoms with Gasteiger partial charge in [-0.2, -0.15) is 4.31 Å². The van der Waals surface area contributed by atoms with Crippen molar-refractivity contribution in [1.82, 2.24) is 4.31 Å². The lowest BCUT2D eigenvalue weighted by Gasteiger charge is -2.26. The maximum Gasteiger partial charge on any atom is 0.306 e. The normalized spacial score (nSPS) is 18.5. The van der Waals surface area contributed by atoms with Crippen LogP contribution < -0.4 is 5.32 Å². The summed E-state index contributed by atoms with van der Waals surface area (Å²) >= 11 is 6.10. The minimum atomic E-state index is -3.81. The first kappa shape index (κ1) is 22.0. The maximum atomic E-state index is 12.8. The number of morpholine rings is 1. The van der Waals surface area contributed by atoms with Crippen LogP contribution in [-0.2, 0) is 29.1 Å². The molecular weight excluding hydrogens is 420 g/mol. The van der Waals surface area contributed by atoms with Crippen molar-refractivity contribution in [2.24, 2.45) is 5.92 Å². The van der Waals surface area contributed by atoms with Crippen molar-refractivity contribution in [3.05, 3.63) is 23.2 Å². The van der Waals surface area contributed by atoms with Crippen molar-refractivity contribution in [2.75, 3.05) is 38.2 Å². The van der Waals surface area contributed by atoms with E-state index in [4.69, 9.17) is 21.1 Å². The number of halogens is 1. The van der Waals surface area contributed by atoms with Gasteiger partial charge in [0.15, 0.2) is 6.61 Å². The average molecular weight is 445 g/mol.